The topological polar surface area (TPSA) is 29.1 Å². The van der Waals surface area contributed by atoms with Crippen molar-refractivity contribution in [2.24, 2.45) is 5.92 Å². The summed E-state index contributed by atoms with van der Waals surface area (Å²) in [5.41, 5.74) is -0.592. The molecule has 1 aromatic rings. The van der Waals surface area contributed by atoms with Crippen LogP contribution in [0.15, 0.2) is 24.3 Å². The Labute approximate surface area is 114 Å². The Bertz CT molecular complexity index is 429. The molecule has 0 aliphatic heterocycles. The molecule has 19 heavy (non-hydrogen) atoms. The summed E-state index contributed by atoms with van der Waals surface area (Å²) in [6.07, 6.45) is -4.40. The molecule has 0 spiro atoms. The van der Waals surface area contributed by atoms with Gasteiger partial charge in [0.15, 0.2) is 0 Å². The van der Waals surface area contributed by atoms with Crippen molar-refractivity contribution < 1.29 is 18.0 Å². The fourth-order valence-electron chi connectivity index (χ4n) is 1.45. The summed E-state index contributed by atoms with van der Waals surface area (Å²) in [4.78, 5) is 11.8. The molecule has 6 heteroatoms. The predicted octanol–water partition coefficient (Wildman–Crippen LogP) is 3.70. The lowest BCUT2D eigenvalue weighted by molar-refractivity contribution is -0.137. The van der Waals surface area contributed by atoms with E-state index in [0.29, 0.717) is 0 Å². The molecule has 1 rings (SSSR count). The maximum atomic E-state index is 12.4. The highest BCUT2D eigenvalue weighted by molar-refractivity contribution is 6.18. The Morgan fingerprint density at radius 1 is 1.26 bits per heavy atom. The molecule has 2 nitrogen and oxygen atoms in total. The molecule has 0 heterocycles. The zero-order valence-electron chi connectivity index (χ0n) is 10.6. The third-order valence-electron chi connectivity index (χ3n) is 2.76. The number of amides is 1. The highest BCUT2D eigenvalue weighted by Crippen LogP contribution is 2.29. The summed E-state index contributed by atoms with van der Waals surface area (Å²) in [5, 5.41) is 2.69. The van der Waals surface area contributed by atoms with Gasteiger partial charge in [-0.15, -0.1) is 11.6 Å². The molecule has 1 atom stereocenters. The van der Waals surface area contributed by atoms with Gasteiger partial charge in [-0.05, 0) is 30.2 Å². The lowest BCUT2D eigenvalue weighted by Gasteiger charge is -2.19. The van der Waals surface area contributed by atoms with Gasteiger partial charge in [0.05, 0.1) is 5.56 Å². The van der Waals surface area contributed by atoms with Crippen molar-refractivity contribution in [1.82, 2.24) is 5.32 Å². The second-order valence-corrected chi connectivity index (χ2v) is 4.86. The van der Waals surface area contributed by atoms with E-state index >= 15 is 0 Å². The van der Waals surface area contributed by atoms with E-state index in [1.165, 1.54) is 0 Å². The van der Waals surface area contributed by atoms with Crippen LogP contribution < -0.4 is 5.32 Å². The fraction of sp³-hybridized carbons (Fsp3) is 0.462. The van der Waals surface area contributed by atoms with E-state index in [9.17, 15) is 18.0 Å². The summed E-state index contributed by atoms with van der Waals surface area (Å²) in [6, 6.07) is 3.88. The summed E-state index contributed by atoms with van der Waals surface area (Å²) >= 11 is 5.72. The maximum absolute atomic E-state index is 12.4. The first-order valence-corrected chi connectivity index (χ1v) is 6.33. The van der Waals surface area contributed by atoms with E-state index in [0.717, 1.165) is 24.3 Å². The van der Waals surface area contributed by atoms with Crippen LogP contribution in [0.25, 0.3) is 0 Å². The molecular formula is C13H15ClF3NO. The first kappa shape index (κ1) is 15.8. The number of halogens is 4. The second kappa shape index (κ2) is 6.28. The van der Waals surface area contributed by atoms with Gasteiger partial charge in [-0.1, -0.05) is 13.8 Å². The van der Waals surface area contributed by atoms with Gasteiger partial charge in [0.25, 0.3) is 5.91 Å². The Kier molecular flexibility index (Phi) is 5.23. The minimum atomic E-state index is -4.40. The fourth-order valence-corrected chi connectivity index (χ4v) is 1.88. The lowest BCUT2D eigenvalue weighted by Crippen LogP contribution is -2.39. The standard InChI is InChI=1S/C13H15ClF3NO/c1-8(2)11(7-14)18-12(19)9-3-5-10(6-4-9)13(15,16)17/h3-6,8,11H,7H2,1-2H3,(H,18,19). The molecular weight excluding hydrogens is 279 g/mol. The highest BCUT2D eigenvalue weighted by Gasteiger charge is 2.30. The molecule has 0 aliphatic rings. The van der Waals surface area contributed by atoms with Crippen LogP contribution in [-0.2, 0) is 6.18 Å². The van der Waals surface area contributed by atoms with Gasteiger partial charge in [0.2, 0.25) is 0 Å². The van der Waals surface area contributed by atoms with Crippen LogP contribution in [0.5, 0.6) is 0 Å². The van der Waals surface area contributed by atoms with Gasteiger partial charge < -0.3 is 5.32 Å². The minimum absolute atomic E-state index is 0.149. The van der Waals surface area contributed by atoms with Crippen molar-refractivity contribution in [1.29, 1.82) is 0 Å². The van der Waals surface area contributed by atoms with Gasteiger partial charge in [0.1, 0.15) is 0 Å². The summed E-state index contributed by atoms with van der Waals surface area (Å²) in [6.45, 7) is 3.81. The summed E-state index contributed by atoms with van der Waals surface area (Å²) in [7, 11) is 0. The van der Waals surface area contributed by atoms with Crippen LogP contribution in [0.4, 0.5) is 13.2 Å². The number of rotatable bonds is 4. The van der Waals surface area contributed by atoms with Crippen LogP contribution in [-0.4, -0.2) is 17.8 Å². The van der Waals surface area contributed by atoms with E-state index in [1.54, 1.807) is 0 Å². The number of hydrogen-bond acceptors (Lipinski definition) is 1. The van der Waals surface area contributed by atoms with Crippen LogP contribution in [0.1, 0.15) is 29.8 Å². The van der Waals surface area contributed by atoms with Gasteiger partial charge in [-0.25, -0.2) is 0 Å². The molecule has 1 aromatic carbocycles. The molecule has 0 aliphatic carbocycles. The Hall–Kier alpha value is -1.23. The number of carbonyl (C=O) groups is 1. The average Bonchev–Trinajstić information content (AvgIpc) is 2.34. The van der Waals surface area contributed by atoms with Crippen LogP contribution in [0.2, 0.25) is 0 Å². The quantitative estimate of drug-likeness (QED) is 0.843. The Morgan fingerprint density at radius 3 is 2.16 bits per heavy atom. The van der Waals surface area contributed by atoms with Crippen molar-refractivity contribution in [3.63, 3.8) is 0 Å². The first-order valence-electron chi connectivity index (χ1n) is 5.79. The Morgan fingerprint density at radius 2 is 1.79 bits per heavy atom. The SMILES string of the molecule is CC(C)C(CCl)NC(=O)c1ccc(C(F)(F)F)cc1. The number of carbonyl (C=O) groups excluding carboxylic acids is 1. The van der Waals surface area contributed by atoms with E-state index in [-0.39, 0.29) is 23.4 Å². The number of alkyl halides is 4. The molecule has 0 radical (unpaired) electrons. The van der Waals surface area contributed by atoms with Crippen LogP contribution in [0, 0.1) is 5.92 Å². The highest BCUT2D eigenvalue weighted by atomic mass is 35.5. The third kappa shape index (κ3) is 4.42. The van der Waals surface area contributed by atoms with Crippen LogP contribution in [0.3, 0.4) is 0 Å². The van der Waals surface area contributed by atoms with Gasteiger partial charge in [-0.2, -0.15) is 13.2 Å². The molecule has 0 aromatic heterocycles. The maximum Gasteiger partial charge on any atom is 0.416 e. The first-order chi connectivity index (χ1) is 8.75. The molecule has 0 bridgehead atoms. The zero-order valence-corrected chi connectivity index (χ0v) is 11.3. The van der Waals surface area contributed by atoms with E-state index in [2.05, 4.69) is 5.32 Å². The van der Waals surface area contributed by atoms with Crippen molar-refractivity contribution in [3.05, 3.63) is 35.4 Å². The van der Waals surface area contributed by atoms with E-state index in [4.69, 9.17) is 11.6 Å². The third-order valence-corrected chi connectivity index (χ3v) is 3.09. The van der Waals surface area contributed by atoms with Crippen molar-refractivity contribution in [2.75, 3.05) is 5.88 Å². The predicted molar refractivity (Wildman–Crippen MR) is 68.3 cm³/mol. The molecule has 1 N–H and O–H groups in total. The van der Waals surface area contributed by atoms with E-state index in [1.807, 2.05) is 13.8 Å². The van der Waals surface area contributed by atoms with Crippen molar-refractivity contribution in [2.45, 2.75) is 26.1 Å². The smallest absolute Gasteiger partial charge is 0.348 e. The van der Waals surface area contributed by atoms with Gasteiger partial charge in [0, 0.05) is 17.5 Å². The molecule has 1 amide bonds. The number of nitrogens with one attached hydrogen (secondary N) is 1. The number of benzene rings is 1. The van der Waals surface area contributed by atoms with Gasteiger partial charge >= 0.3 is 6.18 Å². The second-order valence-electron chi connectivity index (χ2n) is 4.55. The molecule has 1 unspecified atom stereocenters. The van der Waals surface area contributed by atoms with Crippen LogP contribution >= 0.6 is 11.6 Å². The number of hydrogen-bond donors (Lipinski definition) is 1. The van der Waals surface area contributed by atoms with Gasteiger partial charge in [-0.3, -0.25) is 4.79 Å². The average molecular weight is 294 g/mol. The molecule has 106 valence electrons. The zero-order chi connectivity index (χ0) is 14.6. The minimum Gasteiger partial charge on any atom is -0.348 e. The Balaban J connectivity index is 2.78. The monoisotopic (exact) mass is 293 g/mol. The summed E-state index contributed by atoms with van der Waals surface area (Å²) < 4.78 is 37.1. The molecule has 0 saturated heterocycles. The molecule has 0 fully saturated rings. The largest absolute Gasteiger partial charge is 0.416 e. The summed E-state index contributed by atoms with van der Waals surface area (Å²) in [5.74, 6) is -0.0201. The lowest BCUT2D eigenvalue weighted by atomic mass is 10.1. The molecule has 0 saturated carbocycles. The normalized spacial score (nSPS) is 13.4. The van der Waals surface area contributed by atoms with Crippen molar-refractivity contribution >= 4 is 17.5 Å². The van der Waals surface area contributed by atoms with Crippen molar-refractivity contribution in [3.8, 4) is 0 Å². The van der Waals surface area contributed by atoms with E-state index < -0.39 is 17.6 Å².